The number of hydrogen-bond acceptors (Lipinski definition) is 3. The molecule has 0 spiro atoms. The number of aryl methyl sites for hydroxylation is 1. The zero-order valence-corrected chi connectivity index (χ0v) is 10.3. The van der Waals surface area contributed by atoms with E-state index in [1.54, 1.807) is 0 Å². The monoisotopic (exact) mass is 252 g/mol. The van der Waals surface area contributed by atoms with Crippen LogP contribution >= 0.6 is 11.6 Å². The van der Waals surface area contributed by atoms with Crippen molar-refractivity contribution < 1.29 is 0 Å². The second kappa shape index (κ2) is 3.84. The van der Waals surface area contributed by atoms with Crippen molar-refractivity contribution in [2.75, 3.05) is 0 Å². The smallest absolute Gasteiger partial charge is 0.278 e. The maximum Gasteiger partial charge on any atom is 0.278 e. The standard InChI is InChI=1S/C11H13ClN4O/c1-6-13-9-8(10(17)15-11(12)14-9)16(6)7-4-2-3-5-7/h7H,2-5H2,1H3,(H,14,15,17). The molecule has 1 saturated carbocycles. The number of nitrogens with zero attached hydrogens (tertiary/aromatic N) is 3. The largest absolute Gasteiger partial charge is 0.319 e. The summed E-state index contributed by atoms with van der Waals surface area (Å²) in [5, 5.41) is 0.0959. The lowest BCUT2D eigenvalue weighted by molar-refractivity contribution is 0.519. The summed E-state index contributed by atoms with van der Waals surface area (Å²) in [6.45, 7) is 1.91. The number of hydrogen-bond donors (Lipinski definition) is 1. The fraction of sp³-hybridized carbons (Fsp3) is 0.545. The number of nitrogens with one attached hydrogen (secondary N) is 1. The normalized spacial score (nSPS) is 17.1. The molecule has 6 heteroatoms. The van der Waals surface area contributed by atoms with Gasteiger partial charge in [-0.15, -0.1) is 0 Å². The molecular formula is C11H13ClN4O. The van der Waals surface area contributed by atoms with Crippen molar-refractivity contribution in [3.63, 3.8) is 0 Å². The number of H-pyrrole nitrogens is 1. The van der Waals surface area contributed by atoms with E-state index in [9.17, 15) is 4.79 Å². The molecule has 0 unspecified atom stereocenters. The Morgan fingerprint density at radius 3 is 2.76 bits per heavy atom. The minimum atomic E-state index is -0.201. The molecule has 2 aromatic rings. The van der Waals surface area contributed by atoms with Crippen LogP contribution in [0.2, 0.25) is 5.28 Å². The van der Waals surface area contributed by atoms with Gasteiger partial charge in [0.1, 0.15) is 5.82 Å². The van der Waals surface area contributed by atoms with E-state index in [2.05, 4.69) is 15.0 Å². The van der Waals surface area contributed by atoms with Crippen LogP contribution in [0, 0.1) is 6.92 Å². The first kappa shape index (κ1) is 10.8. The first-order valence-corrected chi connectivity index (χ1v) is 6.19. The Bertz CT molecular complexity index is 624. The van der Waals surface area contributed by atoms with E-state index in [-0.39, 0.29) is 10.8 Å². The molecule has 1 aliphatic rings. The van der Waals surface area contributed by atoms with Crippen molar-refractivity contribution in [2.45, 2.75) is 38.6 Å². The molecule has 0 bridgehead atoms. The van der Waals surface area contributed by atoms with Gasteiger partial charge in [0.25, 0.3) is 5.56 Å². The summed E-state index contributed by atoms with van der Waals surface area (Å²) in [5.74, 6) is 0.840. The number of rotatable bonds is 1. The van der Waals surface area contributed by atoms with Crippen LogP contribution in [0.4, 0.5) is 0 Å². The molecule has 5 nitrogen and oxygen atoms in total. The average molecular weight is 253 g/mol. The van der Waals surface area contributed by atoms with E-state index in [1.807, 2.05) is 11.5 Å². The zero-order chi connectivity index (χ0) is 12.0. The summed E-state index contributed by atoms with van der Waals surface area (Å²) in [7, 11) is 0. The van der Waals surface area contributed by atoms with E-state index in [0.29, 0.717) is 17.2 Å². The highest BCUT2D eigenvalue weighted by Gasteiger charge is 2.23. The lowest BCUT2D eigenvalue weighted by atomic mass is 10.2. The molecule has 3 rings (SSSR count). The second-order valence-electron chi connectivity index (χ2n) is 4.50. The van der Waals surface area contributed by atoms with Crippen LogP contribution in [0.3, 0.4) is 0 Å². The van der Waals surface area contributed by atoms with Gasteiger partial charge in [-0.25, -0.2) is 4.98 Å². The van der Waals surface area contributed by atoms with Crippen LogP contribution in [-0.2, 0) is 0 Å². The molecule has 0 aromatic carbocycles. The molecule has 1 fully saturated rings. The highest BCUT2D eigenvalue weighted by molar-refractivity contribution is 6.28. The van der Waals surface area contributed by atoms with E-state index in [4.69, 9.17) is 11.6 Å². The molecule has 90 valence electrons. The van der Waals surface area contributed by atoms with Crippen LogP contribution in [0.25, 0.3) is 11.2 Å². The van der Waals surface area contributed by atoms with Crippen LogP contribution in [0.1, 0.15) is 37.5 Å². The van der Waals surface area contributed by atoms with Gasteiger partial charge in [0.15, 0.2) is 11.2 Å². The zero-order valence-electron chi connectivity index (χ0n) is 9.53. The minimum Gasteiger partial charge on any atom is -0.319 e. The topological polar surface area (TPSA) is 63.6 Å². The number of aromatic nitrogens is 4. The van der Waals surface area contributed by atoms with Crippen molar-refractivity contribution in [3.8, 4) is 0 Å². The molecule has 1 aliphatic carbocycles. The SMILES string of the molecule is Cc1nc2nc(Cl)[nH]c(=O)c2n1C1CCCC1. The van der Waals surface area contributed by atoms with E-state index >= 15 is 0 Å². The van der Waals surface area contributed by atoms with Crippen molar-refractivity contribution in [1.29, 1.82) is 0 Å². The minimum absolute atomic E-state index is 0.0959. The van der Waals surface area contributed by atoms with Gasteiger partial charge in [-0.3, -0.25) is 9.78 Å². The number of fused-ring (bicyclic) bond motifs is 1. The Labute approximate surface area is 103 Å². The van der Waals surface area contributed by atoms with Gasteiger partial charge in [0.2, 0.25) is 5.28 Å². The fourth-order valence-corrected chi connectivity index (χ4v) is 2.87. The van der Waals surface area contributed by atoms with Gasteiger partial charge in [-0.1, -0.05) is 12.8 Å². The van der Waals surface area contributed by atoms with E-state index in [0.717, 1.165) is 18.7 Å². The van der Waals surface area contributed by atoms with Gasteiger partial charge in [0.05, 0.1) is 0 Å². The molecule has 0 amide bonds. The summed E-state index contributed by atoms with van der Waals surface area (Å²) in [6.07, 6.45) is 4.63. The lowest BCUT2D eigenvalue weighted by Crippen LogP contribution is -2.15. The van der Waals surface area contributed by atoms with Crippen molar-refractivity contribution in [1.82, 2.24) is 19.5 Å². The molecule has 2 aromatic heterocycles. The molecule has 0 atom stereocenters. The summed E-state index contributed by atoms with van der Waals surface area (Å²) >= 11 is 5.73. The third kappa shape index (κ3) is 1.65. The predicted molar refractivity (Wildman–Crippen MR) is 65.4 cm³/mol. The number of halogens is 1. The highest BCUT2D eigenvalue weighted by Crippen LogP contribution is 2.32. The van der Waals surface area contributed by atoms with Gasteiger partial charge in [-0.05, 0) is 31.4 Å². The number of aromatic amines is 1. The molecular weight excluding hydrogens is 240 g/mol. The Hall–Kier alpha value is -1.36. The second-order valence-corrected chi connectivity index (χ2v) is 4.85. The first-order chi connectivity index (χ1) is 8.16. The summed E-state index contributed by atoms with van der Waals surface area (Å²) in [4.78, 5) is 22.9. The molecule has 1 N–H and O–H groups in total. The third-order valence-electron chi connectivity index (χ3n) is 3.39. The third-order valence-corrected chi connectivity index (χ3v) is 3.57. The Balaban J connectivity index is 2.30. The summed E-state index contributed by atoms with van der Waals surface area (Å²) in [5.41, 5.74) is 0.800. The van der Waals surface area contributed by atoms with Crippen molar-refractivity contribution in [3.05, 3.63) is 21.5 Å². The molecule has 0 radical (unpaired) electrons. The van der Waals surface area contributed by atoms with Crippen molar-refractivity contribution >= 4 is 22.8 Å². The average Bonchev–Trinajstić information content (AvgIpc) is 2.83. The Morgan fingerprint density at radius 1 is 1.35 bits per heavy atom. The molecule has 0 aliphatic heterocycles. The maximum atomic E-state index is 11.9. The number of imidazole rings is 1. The predicted octanol–water partition coefficient (Wildman–Crippen LogP) is 2.20. The fourth-order valence-electron chi connectivity index (χ4n) is 2.70. The van der Waals surface area contributed by atoms with Crippen molar-refractivity contribution in [2.24, 2.45) is 0 Å². The summed E-state index contributed by atoms with van der Waals surface area (Å²) in [6, 6.07) is 0.379. The maximum absolute atomic E-state index is 11.9. The van der Waals surface area contributed by atoms with E-state index in [1.165, 1.54) is 12.8 Å². The first-order valence-electron chi connectivity index (χ1n) is 5.81. The van der Waals surface area contributed by atoms with Crippen LogP contribution in [-0.4, -0.2) is 19.5 Å². The Morgan fingerprint density at radius 2 is 2.06 bits per heavy atom. The van der Waals surface area contributed by atoms with Crippen LogP contribution in [0.15, 0.2) is 4.79 Å². The molecule has 0 saturated heterocycles. The van der Waals surface area contributed by atoms with Gasteiger partial charge in [0, 0.05) is 6.04 Å². The van der Waals surface area contributed by atoms with Gasteiger partial charge >= 0.3 is 0 Å². The quantitative estimate of drug-likeness (QED) is 0.792. The lowest BCUT2D eigenvalue weighted by Gasteiger charge is -2.13. The van der Waals surface area contributed by atoms with E-state index < -0.39 is 0 Å². The summed E-state index contributed by atoms with van der Waals surface area (Å²) < 4.78 is 2.02. The van der Waals surface area contributed by atoms with Gasteiger partial charge < -0.3 is 4.57 Å². The molecule has 17 heavy (non-hydrogen) atoms. The van der Waals surface area contributed by atoms with Crippen LogP contribution < -0.4 is 5.56 Å². The molecule has 2 heterocycles. The van der Waals surface area contributed by atoms with Crippen LogP contribution in [0.5, 0.6) is 0 Å². The Kier molecular flexibility index (Phi) is 2.43. The van der Waals surface area contributed by atoms with Gasteiger partial charge in [-0.2, -0.15) is 4.98 Å². The highest BCUT2D eigenvalue weighted by atomic mass is 35.5.